The fraction of sp³-hybridized carbons (Fsp3) is 0.550. The minimum absolute atomic E-state index is 0.0735. The third-order valence-electron chi connectivity index (χ3n) is 5.32. The van der Waals surface area contributed by atoms with E-state index < -0.39 is 12.1 Å². The highest BCUT2D eigenvalue weighted by Crippen LogP contribution is 2.24. The van der Waals surface area contributed by atoms with E-state index in [1.807, 2.05) is 28.3 Å². The van der Waals surface area contributed by atoms with E-state index in [2.05, 4.69) is 15.2 Å². The standard InChI is InChI=1S/C18H24N4O2S.C2HF3O2/c23-18(20-9-16-2-1-7-25-16)17-12-21(10-14-3-5-24-6-4-14)11-15-8-19-13-22(15)17;3-2(4,5)1(6)7/h1-2,7-8,13-14,17H,3-6,9-12H2,(H,20,23);(H,6,7). The highest BCUT2D eigenvalue weighted by Gasteiger charge is 2.38. The molecule has 2 aromatic rings. The molecular weight excluding hydrogens is 449 g/mol. The van der Waals surface area contributed by atoms with Crippen LogP contribution in [-0.2, 0) is 27.4 Å². The SMILES string of the molecule is O=C(NCc1cccs1)C1CN(CC2CCOCC2)Cc2cncn21.O=C(O)C(F)(F)F. The van der Waals surface area contributed by atoms with Gasteiger partial charge in [0, 0.05) is 43.9 Å². The van der Waals surface area contributed by atoms with Crippen LogP contribution in [-0.4, -0.2) is 63.9 Å². The smallest absolute Gasteiger partial charge is 0.475 e. The van der Waals surface area contributed by atoms with Gasteiger partial charge >= 0.3 is 12.1 Å². The van der Waals surface area contributed by atoms with Crippen molar-refractivity contribution in [1.82, 2.24) is 19.8 Å². The number of carbonyl (C=O) groups excluding carboxylic acids is 1. The predicted molar refractivity (Wildman–Crippen MR) is 110 cm³/mol. The Balaban J connectivity index is 0.000000360. The summed E-state index contributed by atoms with van der Waals surface area (Å²) >= 11 is 1.67. The Labute approximate surface area is 187 Å². The van der Waals surface area contributed by atoms with Gasteiger partial charge in [0.05, 0.1) is 18.6 Å². The lowest BCUT2D eigenvalue weighted by Crippen LogP contribution is -2.46. The quantitative estimate of drug-likeness (QED) is 0.692. The zero-order valence-electron chi connectivity index (χ0n) is 17.3. The van der Waals surface area contributed by atoms with Gasteiger partial charge in [-0.3, -0.25) is 9.69 Å². The van der Waals surface area contributed by atoms with E-state index in [9.17, 15) is 18.0 Å². The second-order valence-corrected chi connectivity index (χ2v) is 8.69. The van der Waals surface area contributed by atoms with Crippen molar-refractivity contribution in [3.8, 4) is 0 Å². The molecule has 4 heterocycles. The number of amides is 1. The minimum atomic E-state index is -5.08. The normalized spacial score (nSPS) is 19.5. The van der Waals surface area contributed by atoms with Gasteiger partial charge in [-0.2, -0.15) is 13.2 Å². The van der Waals surface area contributed by atoms with Crippen LogP contribution >= 0.6 is 11.3 Å². The third-order valence-corrected chi connectivity index (χ3v) is 6.19. The molecule has 1 saturated heterocycles. The van der Waals surface area contributed by atoms with E-state index in [1.54, 1.807) is 17.7 Å². The van der Waals surface area contributed by atoms with E-state index >= 15 is 0 Å². The number of alkyl halides is 3. The Morgan fingerprint density at radius 2 is 2.03 bits per heavy atom. The average molecular weight is 475 g/mol. The fourth-order valence-electron chi connectivity index (χ4n) is 3.71. The number of carboxylic acids is 1. The highest BCUT2D eigenvalue weighted by atomic mass is 32.1. The number of rotatable bonds is 5. The van der Waals surface area contributed by atoms with Gasteiger partial charge in [0.25, 0.3) is 0 Å². The molecule has 0 radical (unpaired) electrons. The Morgan fingerprint density at radius 1 is 1.31 bits per heavy atom. The van der Waals surface area contributed by atoms with Gasteiger partial charge in [-0.1, -0.05) is 6.07 Å². The summed E-state index contributed by atoms with van der Waals surface area (Å²) in [5, 5.41) is 12.2. The molecule has 0 saturated carbocycles. The highest BCUT2D eigenvalue weighted by molar-refractivity contribution is 7.09. The molecule has 176 valence electrons. The average Bonchev–Trinajstić information content (AvgIpc) is 3.44. The summed E-state index contributed by atoms with van der Waals surface area (Å²) in [5.41, 5.74) is 1.12. The number of aromatic nitrogens is 2. The Morgan fingerprint density at radius 3 is 2.66 bits per heavy atom. The van der Waals surface area contributed by atoms with E-state index in [-0.39, 0.29) is 11.9 Å². The molecule has 0 aliphatic carbocycles. The van der Waals surface area contributed by atoms with E-state index in [0.29, 0.717) is 12.5 Å². The first kappa shape index (κ1) is 24.2. The van der Waals surface area contributed by atoms with Gasteiger partial charge in [0.15, 0.2) is 0 Å². The Bertz CT molecular complexity index is 882. The lowest BCUT2D eigenvalue weighted by Gasteiger charge is -2.36. The van der Waals surface area contributed by atoms with Crippen LogP contribution < -0.4 is 5.32 Å². The maximum Gasteiger partial charge on any atom is 0.490 e. The Kier molecular flexibility index (Phi) is 8.26. The van der Waals surface area contributed by atoms with Crippen LogP contribution in [0, 0.1) is 5.92 Å². The monoisotopic (exact) mass is 474 g/mol. The molecule has 0 aromatic carbocycles. The van der Waals surface area contributed by atoms with Gasteiger partial charge in [-0.05, 0) is 30.2 Å². The van der Waals surface area contributed by atoms with Gasteiger partial charge < -0.3 is 19.7 Å². The number of halogens is 3. The van der Waals surface area contributed by atoms with Crippen molar-refractivity contribution in [1.29, 1.82) is 0 Å². The van der Waals surface area contributed by atoms with Crippen molar-refractivity contribution < 1.29 is 32.6 Å². The van der Waals surface area contributed by atoms with Crippen LogP contribution in [0.25, 0.3) is 0 Å². The molecule has 32 heavy (non-hydrogen) atoms. The van der Waals surface area contributed by atoms with Crippen LogP contribution in [0.3, 0.4) is 0 Å². The number of imidazole rings is 1. The molecule has 2 aliphatic heterocycles. The minimum Gasteiger partial charge on any atom is -0.475 e. The topological polar surface area (TPSA) is 96.7 Å². The van der Waals surface area contributed by atoms with Crippen LogP contribution in [0.15, 0.2) is 30.0 Å². The lowest BCUT2D eigenvalue weighted by atomic mass is 9.98. The van der Waals surface area contributed by atoms with Crippen LogP contribution in [0.4, 0.5) is 13.2 Å². The molecule has 1 atom stereocenters. The number of aliphatic carboxylic acids is 1. The van der Waals surface area contributed by atoms with Crippen LogP contribution in [0.5, 0.6) is 0 Å². The number of thiophene rings is 1. The van der Waals surface area contributed by atoms with Gasteiger partial charge in [-0.15, -0.1) is 11.3 Å². The van der Waals surface area contributed by atoms with Gasteiger partial charge in [0.1, 0.15) is 6.04 Å². The zero-order valence-corrected chi connectivity index (χ0v) is 18.1. The van der Waals surface area contributed by atoms with Crippen molar-refractivity contribution in [2.45, 2.75) is 38.1 Å². The van der Waals surface area contributed by atoms with Gasteiger partial charge in [0.2, 0.25) is 5.91 Å². The molecule has 8 nitrogen and oxygen atoms in total. The second-order valence-electron chi connectivity index (χ2n) is 7.66. The van der Waals surface area contributed by atoms with E-state index in [1.165, 1.54) is 4.88 Å². The van der Waals surface area contributed by atoms with Gasteiger partial charge in [-0.25, -0.2) is 9.78 Å². The number of hydrogen-bond acceptors (Lipinski definition) is 6. The van der Waals surface area contributed by atoms with E-state index in [0.717, 1.165) is 51.4 Å². The molecule has 4 rings (SSSR count). The maximum atomic E-state index is 12.8. The van der Waals surface area contributed by atoms with Crippen molar-refractivity contribution in [2.24, 2.45) is 5.92 Å². The molecule has 1 unspecified atom stereocenters. The third kappa shape index (κ3) is 6.78. The molecule has 0 bridgehead atoms. The summed E-state index contributed by atoms with van der Waals surface area (Å²) in [7, 11) is 0. The van der Waals surface area contributed by atoms with Crippen molar-refractivity contribution in [2.75, 3.05) is 26.3 Å². The largest absolute Gasteiger partial charge is 0.490 e. The number of fused-ring (bicyclic) bond motifs is 1. The molecule has 2 N–H and O–H groups in total. The lowest BCUT2D eigenvalue weighted by molar-refractivity contribution is -0.192. The zero-order chi connectivity index (χ0) is 23.1. The number of nitrogens with one attached hydrogen (secondary N) is 1. The maximum absolute atomic E-state index is 12.8. The van der Waals surface area contributed by atoms with Crippen LogP contribution in [0.2, 0.25) is 0 Å². The summed E-state index contributed by atoms with van der Waals surface area (Å²) in [6.45, 7) is 4.96. The number of nitrogens with zero attached hydrogens (tertiary/aromatic N) is 3. The van der Waals surface area contributed by atoms with Crippen molar-refractivity contribution in [3.05, 3.63) is 40.6 Å². The summed E-state index contributed by atoms with van der Waals surface area (Å²) < 4.78 is 39.2. The first-order valence-corrected chi connectivity index (χ1v) is 11.0. The predicted octanol–water partition coefficient (Wildman–Crippen LogP) is 2.68. The first-order chi connectivity index (χ1) is 15.2. The van der Waals surface area contributed by atoms with Crippen molar-refractivity contribution in [3.63, 3.8) is 0 Å². The number of carboxylic acid groups (broad SMARTS) is 1. The molecule has 12 heteroatoms. The molecule has 2 aliphatic rings. The Hall–Kier alpha value is -2.44. The molecule has 2 aromatic heterocycles. The molecule has 1 fully saturated rings. The van der Waals surface area contributed by atoms with Crippen LogP contribution in [0.1, 0.15) is 29.5 Å². The fourth-order valence-corrected chi connectivity index (χ4v) is 4.35. The molecule has 1 amide bonds. The number of ether oxygens (including phenoxy) is 1. The number of carbonyl (C=O) groups is 2. The summed E-state index contributed by atoms with van der Waals surface area (Å²) in [6.07, 6.45) is 0.822. The summed E-state index contributed by atoms with van der Waals surface area (Å²) in [4.78, 5) is 29.5. The number of hydrogen-bond donors (Lipinski definition) is 2. The first-order valence-electron chi connectivity index (χ1n) is 10.1. The summed E-state index contributed by atoms with van der Waals surface area (Å²) in [5.74, 6) is -2.02. The second kappa shape index (κ2) is 10.9. The van der Waals surface area contributed by atoms with E-state index in [4.69, 9.17) is 14.6 Å². The van der Waals surface area contributed by atoms with Crippen molar-refractivity contribution >= 4 is 23.2 Å². The molecule has 0 spiro atoms. The molecular formula is C20H25F3N4O4S. The summed E-state index contributed by atoms with van der Waals surface area (Å²) in [6, 6.07) is 3.86.